The summed E-state index contributed by atoms with van der Waals surface area (Å²) in [6, 6.07) is 0. The van der Waals surface area contributed by atoms with Crippen molar-refractivity contribution in [1.29, 1.82) is 0 Å². The molecule has 0 saturated carbocycles. The highest BCUT2D eigenvalue weighted by Crippen LogP contribution is 2.32. The summed E-state index contributed by atoms with van der Waals surface area (Å²) in [5, 5.41) is 11.9. The maximum atomic E-state index is 10.9. The average Bonchev–Trinajstić information content (AvgIpc) is 2.49. The van der Waals surface area contributed by atoms with Gasteiger partial charge in [-0.1, -0.05) is 11.6 Å². The largest absolute Gasteiger partial charge is 0.478 e. The summed E-state index contributed by atoms with van der Waals surface area (Å²) in [5.74, 6) is -0.971. The molecule has 0 aliphatic rings. The van der Waals surface area contributed by atoms with Crippen molar-refractivity contribution in [1.82, 2.24) is 4.98 Å². The Balaban J connectivity index is 2.90. The van der Waals surface area contributed by atoms with Gasteiger partial charge in [0.05, 0.1) is 10.3 Å². The molecule has 0 fully saturated rings. The third-order valence-corrected chi connectivity index (χ3v) is 3.38. The van der Waals surface area contributed by atoms with Crippen molar-refractivity contribution >= 4 is 39.0 Å². The maximum absolute atomic E-state index is 10.9. The van der Waals surface area contributed by atoms with E-state index in [-0.39, 0.29) is 5.56 Å². The van der Waals surface area contributed by atoms with Gasteiger partial charge in [0.25, 0.3) is 0 Å². The number of carboxylic acids is 1. The van der Waals surface area contributed by atoms with Crippen LogP contribution < -0.4 is 0 Å². The zero-order valence-electron chi connectivity index (χ0n) is 7.24. The third kappa shape index (κ3) is 1.27. The molecule has 72 valence electrons. The standard InChI is InChI=1S/C9H6ClNO2S/c1-4-3-14-7-5(9(12)13)2-11-8(10)6(4)7/h2-3H,1H3,(H,12,13). The number of fused-ring (bicyclic) bond motifs is 1. The molecule has 0 bridgehead atoms. The Hall–Kier alpha value is -1.13. The van der Waals surface area contributed by atoms with Crippen molar-refractivity contribution in [2.24, 2.45) is 0 Å². The lowest BCUT2D eigenvalue weighted by molar-refractivity contribution is 0.0699. The smallest absolute Gasteiger partial charge is 0.338 e. The van der Waals surface area contributed by atoms with E-state index in [4.69, 9.17) is 16.7 Å². The molecule has 2 aromatic heterocycles. The molecule has 2 aromatic rings. The van der Waals surface area contributed by atoms with E-state index in [9.17, 15) is 4.79 Å². The fourth-order valence-corrected chi connectivity index (χ4v) is 2.70. The first-order valence-corrected chi connectivity index (χ1v) is 5.12. The van der Waals surface area contributed by atoms with E-state index in [1.54, 1.807) is 0 Å². The SMILES string of the molecule is Cc1csc2c(C(=O)O)cnc(Cl)c12. The number of hydrogen-bond donors (Lipinski definition) is 1. The number of aromatic nitrogens is 1. The molecular weight excluding hydrogens is 222 g/mol. The van der Waals surface area contributed by atoms with Crippen LogP contribution in [0, 0.1) is 6.92 Å². The number of aromatic carboxylic acids is 1. The molecule has 0 radical (unpaired) electrons. The molecule has 0 aliphatic heterocycles. The topological polar surface area (TPSA) is 50.2 Å². The van der Waals surface area contributed by atoms with Crippen LogP contribution in [-0.4, -0.2) is 16.1 Å². The van der Waals surface area contributed by atoms with Crippen LogP contribution >= 0.6 is 22.9 Å². The second-order valence-electron chi connectivity index (χ2n) is 2.89. The molecule has 0 atom stereocenters. The van der Waals surface area contributed by atoms with Gasteiger partial charge in [-0.15, -0.1) is 11.3 Å². The number of carbonyl (C=O) groups is 1. The van der Waals surface area contributed by atoms with Crippen molar-refractivity contribution in [2.75, 3.05) is 0 Å². The normalized spacial score (nSPS) is 10.7. The first kappa shape index (κ1) is 9.43. The minimum absolute atomic E-state index is 0.211. The Labute approximate surface area is 89.0 Å². The van der Waals surface area contributed by atoms with Crippen molar-refractivity contribution in [3.63, 3.8) is 0 Å². The molecule has 0 unspecified atom stereocenters. The minimum Gasteiger partial charge on any atom is -0.478 e. The van der Waals surface area contributed by atoms with Crippen LogP contribution in [0.1, 0.15) is 15.9 Å². The van der Waals surface area contributed by atoms with E-state index in [1.165, 1.54) is 17.5 Å². The highest BCUT2D eigenvalue weighted by Gasteiger charge is 2.14. The molecule has 5 heteroatoms. The van der Waals surface area contributed by atoms with Gasteiger partial charge >= 0.3 is 5.97 Å². The summed E-state index contributed by atoms with van der Waals surface area (Å²) in [4.78, 5) is 14.7. The first-order valence-electron chi connectivity index (χ1n) is 3.87. The summed E-state index contributed by atoms with van der Waals surface area (Å²) in [6.07, 6.45) is 1.29. The van der Waals surface area contributed by atoms with Gasteiger partial charge in [0, 0.05) is 11.6 Å². The van der Waals surface area contributed by atoms with Crippen molar-refractivity contribution in [3.05, 3.63) is 27.9 Å². The Morgan fingerprint density at radius 3 is 3.00 bits per heavy atom. The van der Waals surface area contributed by atoms with Gasteiger partial charge in [0.1, 0.15) is 5.15 Å². The minimum atomic E-state index is -0.971. The molecule has 2 heterocycles. The molecule has 3 nitrogen and oxygen atoms in total. The number of carboxylic acid groups (broad SMARTS) is 1. The monoisotopic (exact) mass is 227 g/mol. The number of hydrogen-bond acceptors (Lipinski definition) is 3. The molecule has 0 saturated heterocycles. The summed E-state index contributed by atoms with van der Waals surface area (Å²) >= 11 is 7.26. The number of nitrogens with zero attached hydrogens (tertiary/aromatic N) is 1. The number of thiophene rings is 1. The van der Waals surface area contributed by atoms with E-state index in [0.29, 0.717) is 9.85 Å². The highest BCUT2D eigenvalue weighted by atomic mass is 35.5. The average molecular weight is 228 g/mol. The number of pyridine rings is 1. The van der Waals surface area contributed by atoms with Crippen LogP contribution in [0.15, 0.2) is 11.6 Å². The Bertz CT molecular complexity index is 521. The van der Waals surface area contributed by atoms with Gasteiger partial charge in [-0.3, -0.25) is 0 Å². The molecule has 0 aromatic carbocycles. The van der Waals surface area contributed by atoms with Crippen LogP contribution in [0.5, 0.6) is 0 Å². The molecule has 2 rings (SSSR count). The summed E-state index contributed by atoms with van der Waals surface area (Å²) < 4.78 is 0.690. The van der Waals surface area contributed by atoms with Crippen LogP contribution in [0.2, 0.25) is 5.15 Å². The lowest BCUT2D eigenvalue weighted by atomic mass is 10.2. The van der Waals surface area contributed by atoms with Gasteiger partial charge in [-0.2, -0.15) is 0 Å². The van der Waals surface area contributed by atoms with Crippen LogP contribution in [0.3, 0.4) is 0 Å². The van der Waals surface area contributed by atoms with Crippen LogP contribution in [-0.2, 0) is 0 Å². The molecule has 1 N–H and O–H groups in total. The Kier molecular flexibility index (Phi) is 2.17. The first-order chi connectivity index (χ1) is 6.61. The third-order valence-electron chi connectivity index (χ3n) is 1.96. The number of rotatable bonds is 1. The van der Waals surface area contributed by atoms with E-state index >= 15 is 0 Å². The predicted molar refractivity (Wildman–Crippen MR) is 56.3 cm³/mol. The lowest BCUT2D eigenvalue weighted by Gasteiger charge is -1.98. The van der Waals surface area contributed by atoms with Crippen LogP contribution in [0.25, 0.3) is 10.1 Å². The zero-order valence-corrected chi connectivity index (χ0v) is 8.82. The lowest BCUT2D eigenvalue weighted by Crippen LogP contribution is -1.97. The van der Waals surface area contributed by atoms with Crippen molar-refractivity contribution < 1.29 is 9.90 Å². The van der Waals surface area contributed by atoms with E-state index in [1.807, 2.05) is 12.3 Å². The highest BCUT2D eigenvalue weighted by molar-refractivity contribution is 7.17. The Morgan fingerprint density at radius 2 is 2.36 bits per heavy atom. The summed E-state index contributed by atoms with van der Waals surface area (Å²) in [6.45, 7) is 1.89. The van der Waals surface area contributed by atoms with Gasteiger partial charge < -0.3 is 5.11 Å². The fourth-order valence-electron chi connectivity index (χ4n) is 1.30. The maximum Gasteiger partial charge on any atom is 0.338 e. The molecule has 0 amide bonds. The summed E-state index contributed by atoms with van der Waals surface area (Å²) in [5.41, 5.74) is 1.17. The van der Waals surface area contributed by atoms with Crippen molar-refractivity contribution in [2.45, 2.75) is 6.92 Å². The van der Waals surface area contributed by atoms with E-state index in [0.717, 1.165) is 10.9 Å². The molecule has 14 heavy (non-hydrogen) atoms. The van der Waals surface area contributed by atoms with Crippen LogP contribution in [0.4, 0.5) is 0 Å². The predicted octanol–water partition coefficient (Wildman–Crippen LogP) is 2.96. The fraction of sp³-hybridized carbons (Fsp3) is 0.111. The van der Waals surface area contributed by atoms with Gasteiger partial charge in [-0.25, -0.2) is 9.78 Å². The molecular formula is C9H6ClNO2S. The number of halogens is 1. The second kappa shape index (κ2) is 3.22. The Morgan fingerprint density at radius 1 is 1.64 bits per heavy atom. The quantitative estimate of drug-likeness (QED) is 0.762. The summed E-state index contributed by atoms with van der Waals surface area (Å²) in [7, 11) is 0. The molecule has 0 spiro atoms. The number of aryl methyl sites for hydroxylation is 1. The molecule has 0 aliphatic carbocycles. The van der Waals surface area contributed by atoms with E-state index in [2.05, 4.69) is 4.98 Å². The van der Waals surface area contributed by atoms with Gasteiger partial charge in [0.15, 0.2) is 0 Å². The zero-order chi connectivity index (χ0) is 10.3. The van der Waals surface area contributed by atoms with E-state index < -0.39 is 5.97 Å². The second-order valence-corrected chi connectivity index (χ2v) is 4.13. The van der Waals surface area contributed by atoms with Crippen molar-refractivity contribution in [3.8, 4) is 0 Å². The van der Waals surface area contributed by atoms with Gasteiger partial charge in [-0.05, 0) is 17.9 Å². The van der Waals surface area contributed by atoms with Gasteiger partial charge in [0.2, 0.25) is 0 Å².